The number of aryl methyl sites for hydroxylation is 1. The molecule has 0 saturated carbocycles. The maximum atomic E-state index is 11.0. The van der Waals surface area contributed by atoms with Crippen molar-refractivity contribution in [2.75, 3.05) is 5.75 Å². The van der Waals surface area contributed by atoms with Gasteiger partial charge < -0.3 is 14.4 Å². The van der Waals surface area contributed by atoms with E-state index in [1.165, 1.54) is 6.20 Å². The van der Waals surface area contributed by atoms with E-state index in [0.717, 1.165) is 11.0 Å². The first-order chi connectivity index (χ1) is 10.6. The molecule has 1 aliphatic heterocycles. The second-order valence-electron chi connectivity index (χ2n) is 6.70. The predicted molar refractivity (Wildman–Crippen MR) is 93.8 cm³/mol. The molecule has 1 fully saturated rings. The minimum atomic E-state index is -1.03. The molecule has 1 saturated heterocycles. The minimum absolute atomic E-state index is 0.0604. The topological polar surface area (TPSA) is 68.7 Å². The van der Waals surface area contributed by atoms with Gasteiger partial charge in [0, 0.05) is 11.9 Å². The average molecular weight is 335 g/mol. The molecule has 7 heteroatoms. The summed E-state index contributed by atoms with van der Waals surface area (Å²) < 4.78 is 12.1. The van der Waals surface area contributed by atoms with E-state index in [2.05, 4.69) is 17.6 Å². The van der Waals surface area contributed by atoms with E-state index in [9.17, 15) is 4.79 Å². The molecule has 1 aromatic heterocycles. The Morgan fingerprint density at radius 2 is 1.91 bits per heavy atom. The van der Waals surface area contributed by atoms with E-state index in [1.807, 2.05) is 33.8 Å². The lowest BCUT2D eigenvalue weighted by Crippen LogP contribution is -2.41. The Bertz CT molecular complexity index is 641. The fraction of sp³-hybridized carbons (Fsp3) is 0.500. The molecule has 0 bridgehead atoms. The van der Waals surface area contributed by atoms with Crippen molar-refractivity contribution in [3.8, 4) is 0 Å². The highest BCUT2D eigenvalue weighted by Gasteiger charge is 2.52. The molecular weight excluding hydrogens is 313 g/mol. The smallest absolute Gasteiger partial charge is 0.477 e. The van der Waals surface area contributed by atoms with Gasteiger partial charge in [0.05, 0.1) is 11.2 Å². The quantitative estimate of drug-likeness (QED) is 0.654. The molecule has 0 amide bonds. The van der Waals surface area contributed by atoms with E-state index in [4.69, 9.17) is 14.4 Å². The number of carboxylic acids is 1. The molecule has 2 heterocycles. The summed E-state index contributed by atoms with van der Waals surface area (Å²) in [5.41, 5.74) is 1.51. The van der Waals surface area contributed by atoms with Crippen LogP contribution in [0, 0.1) is 6.92 Å². The lowest BCUT2D eigenvalue weighted by Gasteiger charge is -2.32. The van der Waals surface area contributed by atoms with Crippen molar-refractivity contribution in [3.63, 3.8) is 0 Å². The summed E-state index contributed by atoms with van der Waals surface area (Å²) in [6.45, 7) is 9.71. The molecule has 0 atom stereocenters. The summed E-state index contributed by atoms with van der Waals surface area (Å²) in [5, 5.41) is 9.04. The highest BCUT2D eigenvalue weighted by Crippen LogP contribution is 2.39. The Labute approximate surface area is 142 Å². The van der Waals surface area contributed by atoms with Crippen LogP contribution in [0.1, 0.15) is 49.3 Å². The van der Waals surface area contributed by atoms with Crippen molar-refractivity contribution in [1.82, 2.24) is 4.98 Å². The van der Waals surface area contributed by atoms with Gasteiger partial charge in [0.15, 0.2) is 5.69 Å². The number of carboxylic acid groups (broad SMARTS) is 1. The molecule has 0 aromatic carbocycles. The first-order valence-electron chi connectivity index (χ1n) is 7.44. The van der Waals surface area contributed by atoms with Gasteiger partial charge in [-0.1, -0.05) is 6.08 Å². The molecule has 2 rings (SSSR count). The molecular formula is C16H22BNO4S. The number of pyridine rings is 1. The Morgan fingerprint density at radius 1 is 1.35 bits per heavy atom. The van der Waals surface area contributed by atoms with Crippen molar-refractivity contribution in [1.29, 1.82) is 0 Å². The number of aromatic nitrogens is 1. The number of hydrogen-bond donors (Lipinski definition) is 2. The van der Waals surface area contributed by atoms with Crippen molar-refractivity contribution in [2.24, 2.45) is 0 Å². The fourth-order valence-corrected chi connectivity index (χ4v) is 2.54. The van der Waals surface area contributed by atoms with Crippen LogP contribution in [0.5, 0.6) is 0 Å². The van der Waals surface area contributed by atoms with Crippen molar-refractivity contribution in [2.45, 2.75) is 45.8 Å². The Balaban J connectivity index is 2.30. The number of nitrogens with zero attached hydrogens (tertiary/aromatic N) is 1. The summed E-state index contributed by atoms with van der Waals surface area (Å²) in [6, 6.07) is 1.78. The zero-order chi connectivity index (χ0) is 17.4. The van der Waals surface area contributed by atoms with Crippen LogP contribution in [0.3, 0.4) is 0 Å². The van der Waals surface area contributed by atoms with Crippen LogP contribution in [0.2, 0.25) is 0 Å². The van der Waals surface area contributed by atoms with Crippen LogP contribution in [-0.4, -0.2) is 40.1 Å². The zero-order valence-corrected chi connectivity index (χ0v) is 15.0. The molecule has 0 radical (unpaired) electrons. The van der Waals surface area contributed by atoms with Crippen LogP contribution in [0.25, 0.3) is 6.08 Å². The monoisotopic (exact) mass is 335 g/mol. The van der Waals surface area contributed by atoms with Crippen molar-refractivity contribution < 1.29 is 19.2 Å². The van der Waals surface area contributed by atoms with E-state index in [1.54, 1.807) is 13.0 Å². The van der Waals surface area contributed by atoms with Crippen LogP contribution in [-0.2, 0) is 9.31 Å². The highest BCUT2D eigenvalue weighted by atomic mass is 32.1. The number of aromatic carboxylic acids is 1. The lowest BCUT2D eigenvalue weighted by molar-refractivity contribution is 0.00578. The first-order valence-corrected chi connectivity index (χ1v) is 8.07. The number of thiol groups is 1. The molecule has 1 aliphatic rings. The fourth-order valence-electron chi connectivity index (χ4n) is 2.30. The summed E-state index contributed by atoms with van der Waals surface area (Å²) in [7, 11) is -0.475. The Hall–Kier alpha value is -1.31. The van der Waals surface area contributed by atoms with E-state index in [0.29, 0.717) is 11.3 Å². The maximum Gasteiger partial charge on any atom is 0.491 e. The second kappa shape index (κ2) is 6.30. The molecule has 0 spiro atoms. The van der Waals surface area contributed by atoms with Gasteiger partial charge in [-0.25, -0.2) is 9.78 Å². The average Bonchev–Trinajstić information content (AvgIpc) is 2.64. The zero-order valence-electron chi connectivity index (χ0n) is 14.1. The van der Waals surface area contributed by atoms with E-state index < -0.39 is 24.3 Å². The van der Waals surface area contributed by atoms with E-state index in [-0.39, 0.29) is 5.69 Å². The van der Waals surface area contributed by atoms with Crippen LogP contribution < -0.4 is 0 Å². The maximum absolute atomic E-state index is 11.0. The van der Waals surface area contributed by atoms with Crippen LogP contribution in [0.4, 0.5) is 0 Å². The Morgan fingerprint density at radius 3 is 2.35 bits per heavy atom. The molecule has 5 nitrogen and oxygen atoms in total. The van der Waals surface area contributed by atoms with Crippen LogP contribution in [0.15, 0.2) is 17.7 Å². The van der Waals surface area contributed by atoms with Gasteiger partial charge in [0.2, 0.25) is 0 Å². The van der Waals surface area contributed by atoms with Gasteiger partial charge in [-0.15, -0.1) is 0 Å². The third-order valence-electron chi connectivity index (χ3n) is 4.39. The van der Waals surface area contributed by atoms with Gasteiger partial charge in [-0.3, -0.25) is 0 Å². The van der Waals surface area contributed by atoms with Crippen molar-refractivity contribution >= 4 is 31.8 Å². The van der Waals surface area contributed by atoms with Gasteiger partial charge in [-0.05, 0) is 57.3 Å². The van der Waals surface area contributed by atoms with Gasteiger partial charge >= 0.3 is 13.1 Å². The summed E-state index contributed by atoms with van der Waals surface area (Å²) in [4.78, 5) is 15.0. The predicted octanol–water partition coefficient (Wildman–Crippen LogP) is 3.03. The lowest BCUT2D eigenvalue weighted by atomic mass is 9.78. The molecule has 0 aliphatic carbocycles. The molecule has 0 unspecified atom stereocenters. The van der Waals surface area contributed by atoms with Gasteiger partial charge in [0.1, 0.15) is 0 Å². The normalized spacial score (nSPS) is 19.9. The molecule has 1 aromatic rings. The summed E-state index contributed by atoms with van der Waals surface area (Å²) in [6.07, 6.45) is 3.42. The molecule has 1 N–H and O–H groups in total. The van der Waals surface area contributed by atoms with E-state index >= 15 is 0 Å². The number of carbonyl (C=O) groups is 1. The minimum Gasteiger partial charge on any atom is -0.477 e. The molecule has 124 valence electrons. The molecule has 23 heavy (non-hydrogen) atoms. The van der Waals surface area contributed by atoms with Gasteiger partial charge in [0.25, 0.3) is 0 Å². The third kappa shape index (κ3) is 3.62. The SMILES string of the molecule is Cc1cc(C=C(CS)B2OC(C)(C)C(C)(C)O2)cnc1C(=O)O. The largest absolute Gasteiger partial charge is 0.491 e. The Kier molecular flexibility index (Phi) is 4.94. The summed E-state index contributed by atoms with van der Waals surface area (Å²) >= 11 is 4.37. The standard InChI is InChI=1S/C16H22BNO4S/c1-10-6-11(8-18-13(10)14(19)20)7-12(9-23)17-21-15(2,3)16(4,5)22-17/h6-8,23H,9H2,1-5H3,(H,19,20). The van der Waals surface area contributed by atoms with Crippen LogP contribution >= 0.6 is 12.6 Å². The first kappa shape index (κ1) is 18.0. The number of hydrogen-bond acceptors (Lipinski definition) is 5. The second-order valence-corrected chi connectivity index (χ2v) is 7.02. The number of rotatable bonds is 4. The highest BCUT2D eigenvalue weighted by molar-refractivity contribution is 7.80. The van der Waals surface area contributed by atoms with Gasteiger partial charge in [-0.2, -0.15) is 12.6 Å². The third-order valence-corrected chi connectivity index (χ3v) is 4.76. The van der Waals surface area contributed by atoms with Crippen molar-refractivity contribution in [3.05, 3.63) is 34.6 Å². The summed E-state index contributed by atoms with van der Waals surface area (Å²) in [5.74, 6) is -0.560.